The number of urea groups is 1. The molecule has 2 unspecified atom stereocenters. The number of benzene rings is 1. The van der Waals surface area contributed by atoms with E-state index in [1.807, 2.05) is 18.2 Å². The standard InChI is InChI=1S/C22H23N5O4S/c1-13-10-15-4-5-16(14-6-7-23-18(11-14)30-2)20(19(13)15)25-22(28)26-32(29)17-12-24-27-8-3-9-31-21(17)27/h4-7,11-13H,3,8-10H2,1-2H3,(H2,25,26,28). The molecule has 2 atom stereocenters. The van der Waals surface area contributed by atoms with Crippen molar-refractivity contribution in [3.05, 3.63) is 47.8 Å². The van der Waals surface area contributed by atoms with Gasteiger partial charge in [-0.25, -0.2) is 14.5 Å². The van der Waals surface area contributed by atoms with Crippen LogP contribution < -0.4 is 19.5 Å². The molecule has 1 aromatic carbocycles. The first-order chi connectivity index (χ1) is 15.5. The second kappa shape index (κ2) is 8.36. The lowest BCUT2D eigenvalue weighted by atomic mass is 9.76. The average molecular weight is 454 g/mol. The normalized spacial score (nSPS) is 17.3. The summed E-state index contributed by atoms with van der Waals surface area (Å²) in [5.74, 6) is 1.24. The molecule has 0 spiro atoms. The minimum absolute atomic E-state index is 0.311. The van der Waals surface area contributed by atoms with E-state index in [2.05, 4.69) is 33.1 Å². The first-order valence-electron chi connectivity index (χ1n) is 10.4. The quantitative estimate of drug-likeness (QED) is 0.574. The van der Waals surface area contributed by atoms with Gasteiger partial charge in [-0.3, -0.25) is 0 Å². The van der Waals surface area contributed by atoms with E-state index in [-0.39, 0.29) is 0 Å². The molecule has 0 saturated carbocycles. The van der Waals surface area contributed by atoms with Crippen LogP contribution in [0.25, 0.3) is 11.1 Å². The van der Waals surface area contributed by atoms with Gasteiger partial charge in [0, 0.05) is 30.8 Å². The van der Waals surface area contributed by atoms with Crippen molar-refractivity contribution in [1.29, 1.82) is 0 Å². The van der Waals surface area contributed by atoms with Crippen molar-refractivity contribution < 1.29 is 18.8 Å². The predicted molar refractivity (Wildman–Crippen MR) is 119 cm³/mol. The first kappa shape index (κ1) is 20.7. The lowest BCUT2D eigenvalue weighted by molar-refractivity contribution is 0.224. The van der Waals surface area contributed by atoms with Gasteiger partial charge in [0.15, 0.2) is 0 Å². The Balaban J connectivity index is 1.41. The number of aryl methyl sites for hydroxylation is 1. The van der Waals surface area contributed by atoms with Crippen LogP contribution in [-0.4, -0.2) is 39.1 Å². The number of carbonyl (C=O) groups is 1. The van der Waals surface area contributed by atoms with E-state index in [0.29, 0.717) is 41.4 Å². The minimum Gasteiger partial charge on any atom is -0.588 e. The third-order valence-electron chi connectivity index (χ3n) is 5.75. The van der Waals surface area contributed by atoms with Gasteiger partial charge in [0.2, 0.25) is 5.88 Å². The summed E-state index contributed by atoms with van der Waals surface area (Å²) in [5, 5.41) is 7.13. The fourth-order valence-corrected chi connectivity index (χ4v) is 5.01. The number of carbonyl (C=O) groups excluding carboxylic acids is 1. The zero-order valence-corrected chi connectivity index (χ0v) is 18.6. The Kier molecular flexibility index (Phi) is 5.40. The van der Waals surface area contributed by atoms with Crippen LogP contribution in [0.1, 0.15) is 30.4 Å². The van der Waals surface area contributed by atoms with Crippen molar-refractivity contribution in [3.63, 3.8) is 0 Å². The Morgan fingerprint density at radius 1 is 1.38 bits per heavy atom. The number of amides is 2. The molecule has 5 rings (SSSR count). The van der Waals surface area contributed by atoms with Gasteiger partial charge >= 0.3 is 6.03 Å². The molecule has 1 aliphatic heterocycles. The Hall–Kier alpha value is -3.24. The molecule has 0 saturated heterocycles. The highest BCUT2D eigenvalue weighted by atomic mass is 32.2. The molecule has 0 fully saturated rings. The number of methoxy groups -OCH3 is 1. The maximum Gasteiger partial charge on any atom is 0.361 e. The fourth-order valence-electron chi connectivity index (χ4n) is 4.22. The minimum atomic E-state index is -1.80. The van der Waals surface area contributed by atoms with E-state index >= 15 is 0 Å². The number of fused-ring (bicyclic) bond motifs is 2. The molecule has 2 aromatic heterocycles. The number of hydrogen-bond donors (Lipinski definition) is 2. The fraction of sp³-hybridized carbons (Fsp3) is 0.318. The molecule has 10 heteroatoms. The zero-order valence-electron chi connectivity index (χ0n) is 17.8. The Bertz CT molecular complexity index is 1180. The number of nitrogens with zero attached hydrogens (tertiary/aromatic N) is 3. The third kappa shape index (κ3) is 3.65. The maximum absolute atomic E-state index is 12.9. The molecule has 3 heterocycles. The summed E-state index contributed by atoms with van der Waals surface area (Å²) in [7, 11) is 1.56. The monoisotopic (exact) mass is 453 g/mol. The molecular weight excluding hydrogens is 430 g/mol. The predicted octanol–water partition coefficient (Wildman–Crippen LogP) is 3.24. The van der Waals surface area contributed by atoms with Gasteiger partial charge in [-0.1, -0.05) is 19.1 Å². The van der Waals surface area contributed by atoms with Crippen LogP contribution in [0.5, 0.6) is 11.8 Å². The van der Waals surface area contributed by atoms with Crippen LogP contribution in [0.4, 0.5) is 10.5 Å². The SMILES string of the molecule is COc1cc(-c2ccc3c(c2NC(=O)N[S+]([O-])c2cnn4c2OCCC4)C(C)C3)ccn1. The summed E-state index contributed by atoms with van der Waals surface area (Å²) in [5.41, 5.74) is 4.71. The van der Waals surface area contributed by atoms with Crippen LogP contribution in [0, 0.1) is 0 Å². The molecule has 9 nitrogen and oxygen atoms in total. The van der Waals surface area contributed by atoms with Crippen molar-refractivity contribution in [2.45, 2.75) is 37.1 Å². The smallest absolute Gasteiger partial charge is 0.361 e. The van der Waals surface area contributed by atoms with E-state index in [9.17, 15) is 9.35 Å². The van der Waals surface area contributed by atoms with Gasteiger partial charge in [-0.05, 0) is 35.1 Å². The maximum atomic E-state index is 12.9. The molecule has 32 heavy (non-hydrogen) atoms. The highest BCUT2D eigenvalue weighted by molar-refractivity contribution is 7.90. The lowest BCUT2D eigenvalue weighted by Gasteiger charge is -2.31. The van der Waals surface area contributed by atoms with Crippen molar-refractivity contribution in [2.75, 3.05) is 19.0 Å². The Morgan fingerprint density at radius 3 is 3.06 bits per heavy atom. The molecule has 2 amide bonds. The van der Waals surface area contributed by atoms with Crippen molar-refractivity contribution in [1.82, 2.24) is 19.5 Å². The molecule has 166 valence electrons. The van der Waals surface area contributed by atoms with Gasteiger partial charge in [0.05, 0.1) is 19.4 Å². The molecule has 3 aromatic rings. The van der Waals surface area contributed by atoms with E-state index in [1.165, 1.54) is 11.8 Å². The highest BCUT2D eigenvalue weighted by Gasteiger charge is 2.31. The Labute approximate surface area is 188 Å². The average Bonchev–Trinajstić information content (AvgIpc) is 3.22. The van der Waals surface area contributed by atoms with Crippen LogP contribution in [0.3, 0.4) is 0 Å². The molecule has 2 aliphatic rings. The van der Waals surface area contributed by atoms with Crippen molar-refractivity contribution >= 4 is 23.1 Å². The van der Waals surface area contributed by atoms with Crippen LogP contribution in [-0.2, 0) is 24.3 Å². The third-order valence-corrected chi connectivity index (χ3v) is 6.80. The molecule has 1 aliphatic carbocycles. The summed E-state index contributed by atoms with van der Waals surface area (Å²) >= 11 is -1.80. The number of rotatable bonds is 5. The molecule has 0 radical (unpaired) electrons. The summed E-state index contributed by atoms with van der Waals surface area (Å²) in [4.78, 5) is 17.4. The zero-order chi connectivity index (χ0) is 22.2. The number of hydrogen-bond acceptors (Lipinski definition) is 6. The van der Waals surface area contributed by atoms with E-state index in [1.54, 1.807) is 18.0 Å². The van der Waals surface area contributed by atoms with E-state index in [4.69, 9.17) is 9.47 Å². The topological polar surface area (TPSA) is 113 Å². The van der Waals surface area contributed by atoms with Gasteiger partial charge in [-0.2, -0.15) is 5.10 Å². The second-order valence-corrected chi connectivity index (χ2v) is 9.00. The van der Waals surface area contributed by atoms with Gasteiger partial charge in [0.1, 0.15) is 17.6 Å². The van der Waals surface area contributed by atoms with Crippen LogP contribution in [0.2, 0.25) is 0 Å². The van der Waals surface area contributed by atoms with Gasteiger partial charge in [-0.15, -0.1) is 4.72 Å². The highest BCUT2D eigenvalue weighted by Crippen LogP contribution is 2.45. The van der Waals surface area contributed by atoms with Crippen LogP contribution >= 0.6 is 0 Å². The number of aromatic nitrogens is 3. The summed E-state index contributed by atoms with van der Waals surface area (Å²) < 4.78 is 27.9. The summed E-state index contributed by atoms with van der Waals surface area (Å²) in [6.45, 7) is 3.36. The molecular formula is C22H23N5O4S. The van der Waals surface area contributed by atoms with Crippen molar-refractivity contribution in [3.8, 4) is 22.9 Å². The number of pyridine rings is 1. The van der Waals surface area contributed by atoms with Crippen molar-refractivity contribution in [2.24, 2.45) is 0 Å². The first-order valence-corrected chi connectivity index (χ1v) is 11.5. The van der Waals surface area contributed by atoms with Gasteiger partial charge in [0.25, 0.3) is 10.8 Å². The lowest BCUT2D eigenvalue weighted by Crippen LogP contribution is -2.35. The second-order valence-electron chi connectivity index (χ2n) is 7.82. The number of anilines is 1. The summed E-state index contributed by atoms with van der Waals surface area (Å²) in [6.07, 6.45) is 4.94. The number of ether oxygens (including phenoxy) is 2. The van der Waals surface area contributed by atoms with E-state index in [0.717, 1.165) is 29.5 Å². The Morgan fingerprint density at radius 2 is 2.25 bits per heavy atom. The molecule has 0 bridgehead atoms. The summed E-state index contributed by atoms with van der Waals surface area (Å²) in [6, 6.07) is 7.19. The molecule has 2 N–H and O–H groups in total. The van der Waals surface area contributed by atoms with Gasteiger partial charge < -0.3 is 19.3 Å². The number of nitrogens with one attached hydrogen (secondary N) is 2. The van der Waals surface area contributed by atoms with E-state index < -0.39 is 17.4 Å². The van der Waals surface area contributed by atoms with Crippen LogP contribution in [0.15, 0.2) is 41.6 Å². The largest absolute Gasteiger partial charge is 0.588 e.